The first kappa shape index (κ1) is 14.0. The van der Waals surface area contributed by atoms with Crippen LogP contribution in [-0.4, -0.2) is 31.5 Å². The highest BCUT2D eigenvalue weighted by atomic mass is 31.2. The van der Waals surface area contributed by atoms with Gasteiger partial charge in [-0.15, -0.1) is 0 Å². The molecule has 0 aromatic rings. The molecule has 0 aliphatic heterocycles. The molecule has 1 fully saturated rings. The predicted octanol–water partition coefficient (Wildman–Crippen LogP) is 2.01. The Balaban J connectivity index is 2.63. The summed E-state index contributed by atoms with van der Waals surface area (Å²) in [5.74, 6) is -1.69. The molecule has 0 aromatic heterocycles. The van der Waals surface area contributed by atoms with E-state index in [2.05, 4.69) is 13.6 Å². The van der Waals surface area contributed by atoms with E-state index >= 15 is 0 Å². The Hall–Kier alpha value is -0.0700. The minimum atomic E-state index is -4.20. The fourth-order valence-corrected chi connectivity index (χ4v) is 2.23. The van der Waals surface area contributed by atoms with Crippen molar-refractivity contribution in [2.75, 3.05) is 14.2 Å². The molecule has 0 amide bonds. The molecular formula is C8H15F2O5P. The summed E-state index contributed by atoms with van der Waals surface area (Å²) in [6, 6.07) is 0. The van der Waals surface area contributed by atoms with Crippen LogP contribution < -0.4 is 0 Å². The van der Waals surface area contributed by atoms with E-state index < -0.39 is 31.9 Å². The third kappa shape index (κ3) is 2.99. The lowest BCUT2D eigenvalue weighted by Crippen LogP contribution is -2.25. The van der Waals surface area contributed by atoms with Crippen molar-refractivity contribution in [1.29, 1.82) is 0 Å². The second-order valence-electron chi connectivity index (χ2n) is 3.71. The predicted molar refractivity (Wildman–Crippen MR) is 50.9 cm³/mol. The summed E-state index contributed by atoms with van der Waals surface area (Å²) in [5.41, 5.74) is 0. The van der Waals surface area contributed by atoms with Crippen molar-refractivity contribution in [2.24, 2.45) is 11.8 Å². The number of rotatable bonds is 6. The quantitative estimate of drug-likeness (QED) is 0.740. The number of hydrogen-bond acceptors (Lipinski definition) is 5. The van der Waals surface area contributed by atoms with Crippen LogP contribution in [0.3, 0.4) is 0 Å². The van der Waals surface area contributed by atoms with Gasteiger partial charge in [0, 0.05) is 14.2 Å². The standard InChI is InChI=1S/C8H15F2O5P/c1-5(11)6-4-7(6)8(9,10)15-16(12,13-2)14-3/h5-7,11H,4H2,1-3H3/t5-,6+,7-/m0/s1. The SMILES string of the molecule is COP(=O)(OC)OC(F)(F)[C@H]1C[C@@H]1[C@H](C)O. The smallest absolute Gasteiger partial charge is 0.393 e. The average molecular weight is 260 g/mol. The molecule has 3 atom stereocenters. The van der Waals surface area contributed by atoms with Gasteiger partial charge < -0.3 is 5.11 Å². The van der Waals surface area contributed by atoms with Crippen molar-refractivity contribution in [3.63, 3.8) is 0 Å². The Morgan fingerprint density at radius 2 is 1.94 bits per heavy atom. The zero-order valence-corrected chi connectivity index (χ0v) is 10.1. The van der Waals surface area contributed by atoms with Gasteiger partial charge in [-0.3, -0.25) is 9.05 Å². The molecule has 1 rings (SSSR count). The van der Waals surface area contributed by atoms with Gasteiger partial charge in [0.25, 0.3) is 0 Å². The van der Waals surface area contributed by atoms with E-state index in [0.717, 1.165) is 14.2 Å². The lowest BCUT2D eigenvalue weighted by atomic mass is 10.2. The van der Waals surface area contributed by atoms with Gasteiger partial charge in [-0.2, -0.15) is 8.78 Å². The maximum Gasteiger partial charge on any atom is 0.479 e. The maximum absolute atomic E-state index is 13.4. The Labute approximate surface area is 92.3 Å². The van der Waals surface area contributed by atoms with Crippen molar-refractivity contribution in [2.45, 2.75) is 25.6 Å². The number of alkyl halides is 2. The zero-order valence-electron chi connectivity index (χ0n) is 9.22. The molecule has 1 aliphatic rings. The molecule has 0 spiro atoms. The molecule has 1 saturated carbocycles. The largest absolute Gasteiger partial charge is 0.479 e. The van der Waals surface area contributed by atoms with E-state index in [1.807, 2.05) is 0 Å². The Morgan fingerprint density at radius 3 is 2.25 bits per heavy atom. The zero-order chi connectivity index (χ0) is 12.6. The Bertz CT molecular complexity index is 288. The van der Waals surface area contributed by atoms with Crippen LogP contribution in [0.25, 0.3) is 0 Å². The summed E-state index contributed by atoms with van der Waals surface area (Å²) in [6.07, 6.45) is -4.34. The summed E-state index contributed by atoms with van der Waals surface area (Å²) >= 11 is 0. The van der Waals surface area contributed by atoms with Crippen molar-refractivity contribution in [1.82, 2.24) is 0 Å². The molecule has 1 N–H and O–H groups in total. The molecule has 0 radical (unpaired) electrons. The highest BCUT2D eigenvalue weighted by Gasteiger charge is 2.60. The number of halogens is 2. The van der Waals surface area contributed by atoms with E-state index in [9.17, 15) is 13.3 Å². The van der Waals surface area contributed by atoms with Crippen LogP contribution in [0.5, 0.6) is 0 Å². The van der Waals surface area contributed by atoms with Crippen molar-refractivity contribution < 1.29 is 32.0 Å². The Morgan fingerprint density at radius 1 is 1.44 bits per heavy atom. The monoisotopic (exact) mass is 260 g/mol. The molecule has 0 saturated heterocycles. The second kappa shape index (κ2) is 4.66. The van der Waals surface area contributed by atoms with Gasteiger partial charge in [-0.25, -0.2) is 9.09 Å². The van der Waals surface area contributed by atoms with Crippen molar-refractivity contribution in [3.05, 3.63) is 0 Å². The van der Waals surface area contributed by atoms with E-state index in [1.54, 1.807) is 0 Å². The highest BCUT2D eigenvalue weighted by Crippen LogP contribution is 2.59. The molecule has 0 bridgehead atoms. The topological polar surface area (TPSA) is 65.0 Å². The first-order chi connectivity index (χ1) is 7.25. The molecular weight excluding hydrogens is 245 g/mol. The van der Waals surface area contributed by atoms with Gasteiger partial charge in [0.15, 0.2) is 0 Å². The summed E-state index contributed by atoms with van der Waals surface area (Å²) in [6.45, 7) is 1.42. The lowest BCUT2D eigenvalue weighted by Gasteiger charge is -2.21. The van der Waals surface area contributed by atoms with E-state index in [1.165, 1.54) is 6.92 Å². The number of hydrogen-bond donors (Lipinski definition) is 1. The summed E-state index contributed by atoms with van der Waals surface area (Å²) < 4.78 is 50.8. The molecule has 8 heteroatoms. The van der Waals surface area contributed by atoms with Crippen molar-refractivity contribution in [3.8, 4) is 0 Å². The lowest BCUT2D eigenvalue weighted by molar-refractivity contribution is -0.208. The van der Waals surface area contributed by atoms with Crippen LogP contribution in [0.15, 0.2) is 0 Å². The highest BCUT2D eigenvalue weighted by molar-refractivity contribution is 7.48. The molecule has 0 heterocycles. The van der Waals surface area contributed by atoms with Crippen LogP contribution in [0, 0.1) is 11.8 Å². The minimum Gasteiger partial charge on any atom is -0.393 e. The van der Waals surface area contributed by atoms with Gasteiger partial charge in [-0.05, 0) is 19.3 Å². The van der Waals surface area contributed by atoms with Crippen LogP contribution in [0.2, 0.25) is 0 Å². The van der Waals surface area contributed by atoms with Gasteiger partial charge in [0.2, 0.25) is 0 Å². The van der Waals surface area contributed by atoms with Crippen LogP contribution in [0.4, 0.5) is 8.78 Å². The first-order valence-electron chi connectivity index (χ1n) is 4.74. The molecule has 5 nitrogen and oxygen atoms in total. The van der Waals surface area contributed by atoms with Crippen LogP contribution in [0.1, 0.15) is 13.3 Å². The second-order valence-corrected chi connectivity index (χ2v) is 5.52. The number of phosphoric acid groups is 1. The van der Waals surface area contributed by atoms with Gasteiger partial charge in [0.05, 0.1) is 12.0 Å². The van der Waals surface area contributed by atoms with Gasteiger partial charge >= 0.3 is 13.9 Å². The number of phosphoric ester groups is 1. The van der Waals surface area contributed by atoms with Crippen LogP contribution in [-0.2, 0) is 18.1 Å². The minimum absolute atomic E-state index is 0.123. The van der Waals surface area contributed by atoms with E-state index in [-0.39, 0.29) is 6.42 Å². The number of aliphatic hydroxyl groups excluding tert-OH is 1. The summed E-state index contributed by atoms with van der Waals surface area (Å²) in [4.78, 5) is 0. The third-order valence-electron chi connectivity index (χ3n) is 2.57. The van der Waals surface area contributed by atoms with E-state index in [0.29, 0.717) is 0 Å². The maximum atomic E-state index is 13.4. The summed E-state index contributed by atoms with van der Waals surface area (Å²) in [5, 5.41) is 9.12. The first-order valence-corrected chi connectivity index (χ1v) is 6.20. The van der Waals surface area contributed by atoms with Gasteiger partial charge in [-0.1, -0.05) is 0 Å². The summed E-state index contributed by atoms with van der Waals surface area (Å²) in [7, 11) is -2.29. The Kier molecular flexibility index (Phi) is 4.08. The number of aliphatic hydroxyl groups is 1. The molecule has 96 valence electrons. The third-order valence-corrected chi connectivity index (χ3v) is 3.93. The van der Waals surface area contributed by atoms with Crippen LogP contribution >= 0.6 is 7.82 Å². The van der Waals surface area contributed by atoms with Gasteiger partial charge in [0.1, 0.15) is 0 Å². The molecule has 1 aliphatic carbocycles. The fourth-order valence-electron chi connectivity index (χ4n) is 1.50. The normalized spacial score (nSPS) is 27.9. The molecule has 16 heavy (non-hydrogen) atoms. The average Bonchev–Trinajstić information content (AvgIpc) is 2.97. The van der Waals surface area contributed by atoms with Crippen molar-refractivity contribution >= 4 is 7.82 Å². The molecule has 0 unspecified atom stereocenters. The molecule has 0 aromatic carbocycles. The fraction of sp³-hybridized carbons (Fsp3) is 1.00. The van der Waals surface area contributed by atoms with E-state index in [4.69, 9.17) is 5.11 Å².